The van der Waals surface area contributed by atoms with Crippen LogP contribution in [-0.2, 0) is 14.4 Å². The Balaban J connectivity index is 3.11. The van der Waals surface area contributed by atoms with E-state index in [9.17, 15) is 21.6 Å². The van der Waals surface area contributed by atoms with Crippen molar-refractivity contribution in [2.24, 2.45) is 5.41 Å². The zero-order valence-corrected chi connectivity index (χ0v) is 21.3. The molecule has 29 heavy (non-hydrogen) atoms. The van der Waals surface area contributed by atoms with Crippen molar-refractivity contribution in [3.8, 4) is 0 Å². The Labute approximate surface area is 176 Å². The molecular weight excluding hydrogens is 419 g/mol. The summed E-state index contributed by atoms with van der Waals surface area (Å²) < 4.78 is 75.7. The molecule has 0 aliphatic heterocycles. The van der Waals surface area contributed by atoms with E-state index in [4.69, 9.17) is 4.43 Å². The summed E-state index contributed by atoms with van der Waals surface area (Å²) in [6.07, 6.45) is -4.27. The molecule has 1 aliphatic rings. The minimum Gasteiger partial charge on any atom is -0.414 e. The van der Waals surface area contributed by atoms with Crippen molar-refractivity contribution in [3.63, 3.8) is 0 Å². The molecule has 1 unspecified atom stereocenters. The number of nitrogens with one attached hydrogen (secondary N) is 1. The molecule has 0 heterocycles. The van der Waals surface area contributed by atoms with E-state index >= 15 is 0 Å². The second-order valence-corrected chi connectivity index (χ2v) is 18.1. The van der Waals surface area contributed by atoms with Crippen LogP contribution in [0, 0.1) is 5.41 Å². The van der Waals surface area contributed by atoms with Gasteiger partial charge in [-0.2, -0.15) is 13.2 Å². The summed E-state index contributed by atoms with van der Waals surface area (Å²) in [6, 6.07) is -1.18. The molecule has 1 rings (SSSR count). The SMILES string of the molecule is CCC(NS(=O)(=O)C(C)(C)C)C1(C(F)(F)F)CCC(O[Si](C)(C)C(C)(C)C)CC1. The summed E-state index contributed by atoms with van der Waals surface area (Å²) >= 11 is 0. The fraction of sp³-hybridized carbons (Fsp3) is 1.00. The minimum absolute atomic E-state index is 0.0140. The summed E-state index contributed by atoms with van der Waals surface area (Å²) in [5, 5.41) is -0.0140. The van der Waals surface area contributed by atoms with Crippen LogP contribution in [0.3, 0.4) is 0 Å². The lowest BCUT2D eigenvalue weighted by Gasteiger charge is -2.48. The number of hydrogen-bond donors (Lipinski definition) is 1. The Morgan fingerprint density at radius 3 is 1.83 bits per heavy atom. The lowest BCUT2D eigenvalue weighted by molar-refractivity contribution is -0.247. The van der Waals surface area contributed by atoms with E-state index < -0.39 is 40.7 Å². The van der Waals surface area contributed by atoms with Gasteiger partial charge in [0.1, 0.15) is 0 Å². The van der Waals surface area contributed by atoms with Gasteiger partial charge in [-0.25, -0.2) is 13.1 Å². The van der Waals surface area contributed by atoms with Gasteiger partial charge in [-0.3, -0.25) is 0 Å². The third-order valence-electron chi connectivity index (χ3n) is 6.84. The Hall–Kier alpha value is -0.123. The monoisotopic (exact) mass is 459 g/mol. The zero-order valence-electron chi connectivity index (χ0n) is 19.5. The topological polar surface area (TPSA) is 55.4 Å². The van der Waals surface area contributed by atoms with Crippen LogP contribution in [0.15, 0.2) is 0 Å². The van der Waals surface area contributed by atoms with Crippen LogP contribution in [0.1, 0.15) is 80.6 Å². The van der Waals surface area contributed by atoms with E-state index in [0.29, 0.717) is 12.8 Å². The van der Waals surface area contributed by atoms with Crippen molar-refractivity contribution < 1.29 is 26.0 Å². The molecule has 9 heteroatoms. The molecule has 1 fully saturated rings. The smallest absolute Gasteiger partial charge is 0.396 e. The van der Waals surface area contributed by atoms with Crippen molar-refractivity contribution >= 4 is 18.3 Å². The Kier molecular flexibility index (Phi) is 7.82. The molecule has 0 saturated heterocycles. The van der Waals surface area contributed by atoms with Gasteiger partial charge >= 0.3 is 6.18 Å². The Morgan fingerprint density at radius 1 is 1.07 bits per heavy atom. The van der Waals surface area contributed by atoms with E-state index in [1.165, 1.54) is 20.8 Å². The molecule has 0 bridgehead atoms. The van der Waals surface area contributed by atoms with Gasteiger partial charge in [0, 0.05) is 12.1 Å². The van der Waals surface area contributed by atoms with E-state index in [2.05, 4.69) is 38.6 Å². The molecule has 0 spiro atoms. The highest BCUT2D eigenvalue weighted by Crippen LogP contribution is 2.53. The summed E-state index contributed by atoms with van der Waals surface area (Å²) in [7, 11) is -5.97. The van der Waals surface area contributed by atoms with Crippen molar-refractivity contribution in [2.45, 2.75) is 122 Å². The highest BCUT2D eigenvalue weighted by atomic mass is 32.2. The van der Waals surface area contributed by atoms with Gasteiger partial charge in [-0.15, -0.1) is 0 Å². The first-order chi connectivity index (χ1) is 12.7. The van der Waals surface area contributed by atoms with Crippen LogP contribution < -0.4 is 4.72 Å². The summed E-state index contributed by atoms with van der Waals surface area (Å²) in [5.41, 5.74) is -2.06. The molecule has 0 aromatic carbocycles. The highest BCUT2D eigenvalue weighted by molar-refractivity contribution is 7.90. The van der Waals surface area contributed by atoms with Crippen LogP contribution in [0.4, 0.5) is 13.2 Å². The van der Waals surface area contributed by atoms with Gasteiger partial charge in [0.05, 0.1) is 10.2 Å². The molecule has 1 aliphatic carbocycles. The largest absolute Gasteiger partial charge is 0.414 e. The van der Waals surface area contributed by atoms with Crippen molar-refractivity contribution in [1.29, 1.82) is 0 Å². The third kappa shape index (κ3) is 5.77. The average molecular weight is 460 g/mol. The summed E-state index contributed by atoms with van der Waals surface area (Å²) in [5.74, 6) is 0. The molecule has 1 atom stereocenters. The van der Waals surface area contributed by atoms with Gasteiger partial charge in [-0.05, 0) is 71.0 Å². The van der Waals surface area contributed by atoms with E-state index in [1.807, 2.05) is 0 Å². The number of halogens is 3. The number of sulfonamides is 1. The standard InChI is InChI=1S/C20H40F3NO3SSi/c1-10-16(24-28(25,26)17(2,3)4)19(20(21,22)23)13-11-15(12-14-19)27-29(8,9)18(5,6)7/h15-16,24H,10-14H2,1-9H3. The average Bonchev–Trinajstić information content (AvgIpc) is 2.50. The van der Waals surface area contributed by atoms with Gasteiger partial charge in [0.2, 0.25) is 10.0 Å². The first-order valence-electron chi connectivity index (χ1n) is 10.5. The predicted molar refractivity (Wildman–Crippen MR) is 115 cm³/mol. The molecule has 1 N–H and O–H groups in total. The summed E-state index contributed by atoms with van der Waals surface area (Å²) in [6.45, 7) is 16.6. The fourth-order valence-electron chi connectivity index (χ4n) is 3.60. The van der Waals surface area contributed by atoms with Crippen LogP contribution in [0.2, 0.25) is 18.1 Å². The van der Waals surface area contributed by atoms with E-state index in [0.717, 1.165) is 0 Å². The summed E-state index contributed by atoms with van der Waals surface area (Å²) in [4.78, 5) is 0. The molecule has 0 amide bonds. The van der Waals surface area contributed by atoms with Crippen molar-refractivity contribution in [1.82, 2.24) is 4.72 Å². The third-order valence-corrected chi connectivity index (χ3v) is 13.6. The second-order valence-electron chi connectivity index (χ2n) is 10.9. The van der Waals surface area contributed by atoms with Gasteiger partial charge < -0.3 is 4.43 Å². The van der Waals surface area contributed by atoms with E-state index in [-0.39, 0.29) is 30.4 Å². The Morgan fingerprint density at radius 2 is 1.52 bits per heavy atom. The van der Waals surface area contributed by atoms with Crippen LogP contribution in [-0.4, -0.2) is 39.8 Å². The Bertz CT molecular complexity index is 656. The molecule has 4 nitrogen and oxygen atoms in total. The van der Waals surface area contributed by atoms with E-state index in [1.54, 1.807) is 6.92 Å². The lowest BCUT2D eigenvalue weighted by atomic mass is 9.67. The number of rotatable bonds is 6. The van der Waals surface area contributed by atoms with Gasteiger partial charge in [-0.1, -0.05) is 27.7 Å². The quantitative estimate of drug-likeness (QED) is 0.496. The van der Waals surface area contributed by atoms with Crippen molar-refractivity contribution in [2.75, 3.05) is 0 Å². The molecule has 174 valence electrons. The van der Waals surface area contributed by atoms with Gasteiger partial charge in [0.15, 0.2) is 8.32 Å². The van der Waals surface area contributed by atoms with Gasteiger partial charge in [0.25, 0.3) is 0 Å². The highest BCUT2D eigenvalue weighted by Gasteiger charge is 2.60. The van der Waals surface area contributed by atoms with Crippen LogP contribution in [0.25, 0.3) is 0 Å². The molecule has 0 aromatic heterocycles. The molecule has 0 radical (unpaired) electrons. The normalized spacial score (nSPS) is 26.4. The lowest BCUT2D eigenvalue weighted by Crippen LogP contribution is -2.59. The maximum absolute atomic E-state index is 14.3. The fourth-order valence-corrected chi connectivity index (χ4v) is 6.14. The zero-order chi connectivity index (χ0) is 23.1. The maximum Gasteiger partial charge on any atom is 0.396 e. The molecule has 0 aromatic rings. The number of hydrogen-bond acceptors (Lipinski definition) is 3. The number of alkyl halides is 3. The first-order valence-corrected chi connectivity index (χ1v) is 14.9. The molecular formula is C20H40F3NO3SSi. The maximum atomic E-state index is 14.3. The minimum atomic E-state index is -4.49. The predicted octanol–water partition coefficient (Wildman–Crippen LogP) is 6.00. The molecule has 1 saturated carbocycles. The van der Waals surface area contributed by atoms with Crippen molar-refractivity contribution in [3.05, 3.63) is 0 Å². The van der Waals surface area contributed by atoms with Crippen LogP contribution >= 0.6 is 0 Å². The van der Waals surface area contributed by atoms with Crippen LogP contribution in [0.5, 0.6) is 0 Å². The second kappa shape index (κ2) is 8.43. The first kappa shape index (κ1) is 26.9.